The van der Waals surface area contributed by atoms with Crippen LogP contribution in [0, 0.1) is 10.1 Å². The highest BCUT2D eigenvalue weighted by molar-refractivity contribution is 6.07. The lowest BCUT2D eigenvalue weighted by molar-refractivity contribution is -0.383. The minimum atomic E-state index is -0.460. The minimum Gasteiger partial charge on any atom is -0.345 e. The van der Waals surface area contributed by atoms with Gasteiger partial charge in [0.25, 0.3) is 11.6 Å². The van der Waals surface area contributed by atoms with Crippen LogP contribution in [0.4, 0.5) is 11.4 Å². The third-order valence-corrected chi connectivity index (χ3v) is 4.43. The van der Waals surface area contributed by atoms with E-state index in [0.29, 0.717) is 22.5 Å². The topological polar surface area (TPSA) is 88.0 Å². The number of amides is 1. The van der Waals surface area contributed by atoms with Crippen LogP contribution in [0.2, 0.25) is 0 Å². The van der Waals surface area contributed by atoms with Crippen LogP contribution in [0.3, 0.4) is 0 Å². The fourth-order valence-electron chi connectivity index (χ4n) is 2.86. The zero-order valence-corrected chi connectivity index (χ0v) is 14.1. The van der Waals surface area contributed by atoms with Crippen molar-refractivity contribution >= 4 is 28.2 Å². The Balaban J connectivity index is 1.94. The minimum absolute atomic E-state index is 0.0449. The summed E-state index contributed by atoms with van der Waals surface area (Å²) in [7, 11) is 0. The van der Waals surface area contributed by atoms with Crippen LogP contribution >= 0.6 is 0 Å². The number of H-pyrrole nitrogens is 1. The van der Waals surface area contributed by atoms with Gasteiger partial charge in [-0.3, -0.25) is 14.9 Å². The van der Waals surface area contributed by atoms with Crippen molar-refractivity contribution in [2.45, 2.75) is 26.2 Å². The molecule has 0 aliphatic carbocycles. The monoisotopic (exact) mass is 337 g/mol. The first kappa shape index (κ1) is 16.7. The third-order valence-electron chi connectivity index (χ3n) is 4.43. The Labute approximate surface area is 145 Å². The van der Waals surface area contributed by atoms with Crippen LogP contribution in [0.1, 0.15) is 42.2 Å². The summed E-state index contributed by atoms with van der Waals surface area (Å²) >= 11 is 0. The van der Waals surface area contributed by atoms with E-state index in [2.05, 4.69) is 24.1 Å². The van der Waals surface area contributed by atoms with Gasteiger partial charge in [-0.25, -0.2) is 0 Å². The highest BCUT2D eigenvalue weighted by atomic mass is 16.6. The fraction of sp³-hybridized carbons (Fsp3) is 0.211. The molecule has 0 aliphatic rings. The standard InChI is InChI=1S/C19H19N3O3/c1-3-12(2)14-8-4-5-9-15(14)21-19(23)16-11-13-7-6-10-17(22(24)25)18(13)20-16/h4-12,20H,3H2,1-2H3,(H,21,23)/t12-/m1/s1. The molecule has 6 nitrogen and oxygen atoms in total. The number of rotatable bonds is 5. The van der Waals surface area contributed by atoms with Crippen LogP contribution < -0.4 is 5.32 Å². The number of hydrogen-bond donors (Lipinski definition) is 2. The number of fused-ring (bicyclic) bond motifs is 1. The maximum absolute atomic E-state index is 12.6. The van der Waals surface area contributed by atoms with Crippen molar-refractivity contribution < 1.29 is 9.72 Å². The molecule has 3 aromatic rings. The van der Waals surface area contributed by atoms with E-state index in [4.69, 9.17) is 0 Å². The van der Waals surface area contributed by atoms with Gasteiger partial charge >= 0.3 is 0 Å². The Hall–Kier alpha value is -3.15. The van der Waals surface area contributed by atoms with Gasteiger partial charge in [0.2, 0.25) is 0 Å². The second-order valence-electron chi connectivity index (χ2n) is 6.03. The number of anilines is 1. The molecule has 25 heavy (non-hydrogen) atoms. The lowest BCUT2D eigenvalue weighted by atomic mass is 9.97. The SMILES string of the molecule is CC[C@@H](C)c1ccccc1NC(=O)c1cc2cccc([N+](=O)[O-])c2[nH]1. The van der Waals surface area contributed by atoms with E-state index in [-0.39, 0.29) is 11.6 Å². The first-order chi connectivity index (χ1) is 12.0. The molecular formula is C19H19N3O3. The number of para-hydroxylation sites is 2. The number of hydrogen-bond acceptors (Lipinski definition) is 3. The van der Waals surface area contributed by atoms with Gasteiger partial charge in [0.05, 0.1) is 4.92 Å². The van der Waals surface area contributed by atoms with Crippen molar-refractivity contribution in [1.82, 2.24) is 4.98 Å². The summed E-state index contributed by atoms with van der Waals surface area (Å²) < 4.78 is 0. The second-order valence-corrected chi connectivity index (χ2v) is 6.03. The third kappa shape index (κ3) is 3.24. The molecule has 0 fully saturated rings. The maximum Gasteiger partial charge on any atom is 0.293 e. The molecular weight excluding hydrogens is 318 g/mol. The van der Waals surface area contributed by atoms with E-state index in [1.54, 1.807) is 18.2 Å². The number of non-ortho nitro benzene ring substituents is 1. The Morgan fingerprint density at radius 1 is 1.24 bits per heavy atom. The molecule has 0 spiro atoms. The normalized spacial score (nSPS) is 12.1. The van der Waals surface area contributed by atoms with E-state index in [1.807, 2.05) is 24.3 Å². The number of aromatic amines is 1. The summed E-state index contributed by atoms with van der Waals surface area (Å²) in [6.45, 7) is 4.21. The van der Waals surface area contributed by atoms with Crippen molar-refractivity contribution in [2.24, 2.45) is 0 Å². The Bertz CT molecular complexity index is 946. The average molecular weight is 337 g/mol. The number of benzene rings is 2. The van der Waals surface area contributed by atoms with E-state index in [9.17, 15) is 14.9 Å². The van der Waals surface area contributed by atoms with Gasteiger partial charge < -0.3 is 10.3 Å². The van der Waals surface area contributed by atoms with Crippen molar-refractivity contribution in [2.75, 3.05) is 5.32 Å². The molecule has 2 aromatic carbocycles. The Morgan fingerprint density at radius 2 is 2.00 bits per heavy atom. The molecule has 1 amide bonds. The van der Waals surface area contributed by atoms with E-state index in [1.165, 1.54) is 6.07 Å². The van der Waals surface area contributed by atoms with Gasteiger partial charge in [-0.05, 0) is 30.0 Å². The van der Waals surface area contributed by atoms with E-state index < -0.39 is 4.92 Å². The molecule has 3 rings (SSSR count). The van der Waals surface area contributed by atoms with Gasteiger partial charge in [0, 0.05) is 17.1 Å². The van der Waals surface area contributed by atoms with Crippen LogP contribution in [-0.4, -0.2) is 15.8 Å². The predicted octanol–water partition coefficient (Wildman–Crippen LogP) is 4.84. The molecule has 128 valence electrons. The van der Waals surface area contributed by atoms with Gasteiger partial charge in [0.15, 0.2) is 0 Å². The van der Waals surface area contributed by atoms with Crippen LogP contribution in [0.25, 0.3) is 10.9 Å². The molecule has 0 saturated heterocycles. The van der Waals surface area contributed by atoms with Gasteiger partial charge in [0.1, 0.15) is 11.2 Å². The summed E-state index contributed by atoms with van der Waals surface area (Å²) in [6, 6.07) is 14.1. The largest absolute Gasteiger partial charge is 0.345 e. The van der Waals surface area contributed by atoms with Crippen LogP contribution in [0.5, 0.6) is 0 Å². The van der Waals surface area contributed by atoms with E-state index >= 15 is 0 Å². The zero-order chi connectivity index (χ0) is 18.0. The Kier molecular flexibility index (Phi) is 4.52. The molecule has 1 atom stereocenters. The summed E-state index contributed by atoms with van der Waals surface area (Å²) in [5.41, 5.74) is 2.43. The highest BCUT2D eigenvalue weighted by Gasteiger charge is 2.18. The summed E-state index contributed by atoms with van der Waals surface area (Å²) in [4.78, 5) is 26.2. The number of nitrogens with zero attached hydrogens (tertiary/aromatic N) is 1. The van der Waals surface area contributed by atoms with E-state index in [0.717, 1.165) is 17.7 Å². The lowest BCUT2D eigenvalue weighted by Gasteiger charge is -2.15. The molecule has 6 heteroatoms. The smallest absolute Gasteiger partial charge is 0.293 e. The average Bonchev–Trinajstić information content (AvgIpc) is 3.05. The summed E-state index contributed by atoms with van der Waals surface area (Å²) in [6.07, 6.45) is 0.964. The molecule has 0 radical (unpaired) electrons. The summed E-state index contributed by atoms with van der Waals surface area (Å²) in [5, 5.41) is 14.7. The van der Waals surface area contributed by atoms with Crippen LogP contribution in [0.15, 0.2) is 48.5 Å². The molecule has 0 saturated carbocycles. The molecule has 0 aliphatic heterocycles. The van der Waals surface area contributed by atoms with Crippen molar-refractivity contribution in [1.29, 1.82) is 0 Å². The number of nitro groups is 1. The number of carbonyl (C=O) groups excluding carboxylic acids is 1. The quantitative estimate of drug-likeness (QED) is 0.515. The maximum atomic E-state index is 12.6. The number of nitro benzene ring substituents is 1. The number of carbonyl (C=O) groups is 1. The van der Waals surface area contributed by atoms with Crippen molar-refractivity contribution in [3.63, 3.8) is 0 Å². The highest BCUT2D eigenvalue weighted by Crippen LogP contribution is 2.28. The first-order valence-electron chi connectivity index (χ1n) is 8.17. The molecule has 0 bridgehead atoms. The predicted molar refractivity (Wildman–Crippen MR) is 98.1 cm³/mol. The first-order valence-corrected chi connectivity index (χ1v) is 8.17. The fourth-order valence-corrected chi connectivity index (χ4v) is 2.86. The van der Waals surface area contributed by atoms with Crippen LogP contribution in [-0.2, 0) is 0 Å². The van der Waals surface area contributed by atoms with Crippen molar-refractivity contribution in [3.05, 3.63) is 69.9 Å². The molecule has 0 unspecified atom stereocenters. The van der Waals surface area contributed by atoms with Gasteiger partial charge in [-0.2, -0.15) is 0 Å². The van der Waals surface area contributed by atoms with Gasteiger partial charge in [-0.15, -0.1) is 0 Å². The number of aromatic nitrogens is 1. The van der Waals surface area contributed by atoms with Gasteiger partial charge in [-0.1, -0.05) is 44.2 Å². The number of nitrogens with one attached hydrogen (secondary N) is 2. The Morgan fingerprint density at radius 3 is 2.72 bits per heavy atom. The summed E-state index contributed by atoms with van der Waals surface area (Å²) in [5.74, 6) is 0.00144. The molecule has 1 heterocycles. The van der Waals surface area contributed by atoms with Crippen molar-refractivity contribution in [3.8, 4) is 0 Å². The molecule has 1 aromatic heterocycles. The zero-order valence-electron chi connectivity index (χ0n) is 14.1. The second kappa shape index (κ2) is 6.76. The molecule has 2 N–H and O–H groups in total. The lowest BCUT2D eigenvalue weighted by Crippen LogP contribution is -2.14.